The lowest BCUT2D eigenvalue weighted by Gasteiger charge is -2.13. The molecule has 0 radical (unpaired) electrons. The molecular weight excluding hydrogens is 418 g/mol. The highest BCUT2D eigenvalue weighted by Gasteiger charge is 2.10. The standard InChI is InChI=1S/C26H25N3O4/c1-17-7-4-5-9-22(17)33-16-24(30)27-20-11-10-18(2)23(13-20)32-15-21-14-25(31)29-12-6-8-19(3)26(29)28-21/h4-14H,15-16H2,1-3H3,(H,27,30). The van der Waals surface area contributed by atoms with E-state index in [0.29, 0.717) is 28.5 Å². The summed E-state index contributed by atoms with van der Waals surface area (Å²) in [6.45, 7) is 5.78. The molecule has 168 valence electrons. The molecule has 1 amide bonds. The van der Waals surface area contributed by atoms with Gasteiger partial charge in [-0.1, -0.05) is 30.3 Å². The lowest BCUT2D eigenvalue weighted by Crippen LogP contribution is -2.20. The molecule has 0 saturated heterocycles. The van der Waals surface area contributed by atoms with Crippen molar-refractivity contribution in [2.75, 3.05) is 11.9 Å². The molecule has 0 aliphatic rings. The zero-order chi connectivity index (χ0) is 23.4. The van der Waals surface area contributed by atoms with E-state index in [9.17, 15) is 9.59 Å². The summed E-state index contributed by atoms with van der Waals surface area (Å²) in [6.07, 6.45) is 1.70. The molecule has 0 aliphatic carbocycles. The Morgan fingerprint density at radius 2 is 1.67 bits per heavy atom. The number of hydrogen-bond acceptors (Lipinski definition) is 5. The number of ether oxygens (including phenoxy) is 2. The summed E-state index contributed by atoms with van der Waals surface area (Å²) in [5, 5.41) is 2.83. The third-order valence-electron chi connectivity index (χ3n) is 5.24. The van der Waals surface area contributed by atoms with Gasteiger partial charge < -0.3 is 14.8 Å². The van der Waals surface area contributed by atoms with E-state index in [0.717, 1.165) is 16.7 Å². The van der Waals surface area contributed by atoms with Crippen LogP contribution in [-0.2, 0) is 11.4 Å². The molecule has 0 aliphatic heterocycles. The summed E-state index contributed by atoms with van der Waals surface area (Å²) >= 11 is 0. The van der Waals surface area contributed by atoms with Gasteiger partial charge in [0.1, 0.15) is 23.8 Å². The maximum Gasteiger partial charge on any atom is 0.262 e. The third kappa shape index (κ3) is 5.20. The van der Waals surface area contributed by atoms with E-state index in [1.165, 1.54) is 10.5 Å². The largest absolute Gasteiger partial charge is 0.487 e. The van der Waals surface area contributed by atoms with Gasteiger partial charge in [0.2, 0.25) is 0 Å². The van der Waals surface area contributed by atoms with Crippen LogP contribution in [0.4, 0.5) is 5.69 Å². The first-order chi connectivity index (χ1) is 15.9. The number of anilines is 1. The van der Waals surface area contributed by atoms with Gasteiger partial charge in [0.25, 0.3) is 11.5 Å². The van der Waals surface area contributed by atoms with Gasteiger partial charge >= 0.3 is 0 Å². The number of para-hydroxylation sites is 1. The molecule has 0 spiro atoms. The Kier molecular flexibility index (Phi) is 6.40. The number of benzene rings is 2. The lowest BCUT2D eigenvalue weighted by molar-refractivity contribution is -0.118. The van der Waals surface area contributed by atoms with Crippen molar-refractivity contribution in [3.8, 4) is 11.5 Å². The van der Waals surface area contributed by atoms with Gasteiger partial charge in [0, 0.05) is 24.0 Å². The summed E-state index contributed by atoms with van der Waals surface area (Å²) in [6, 6.07) is 18.1. The van der Waals surface area contributed by atoms with Crippen LogP contribution in [0.2, 0.25) is 0 Å². The van der Waals surface area contributed by atoms with E-state index < -0.39 is 0 Å². The van der Waals surface area contributed by atoms with E-state index in [-0.39, 0.29) is 24.7 Å². The average molecular weight is 444 g/mol. The summed E-state index contributed by atoms with van der Waals surface area (Å²) in [5.74, 6) is 1.00. The summed E-state index contributed by atoms with van der Waals surface area (Å²) in [4.78, 5) is 29.3. The van der Waals surface area contributed by atoms with Crippen LogP contribution in [0.15, 0.2) is 71.7 Å². The molecule has 0 saturated carbocycles. The van der Waals surface area contributed by atoms with Crippen LogP contribution in [0.25, 0.3) is 5.65 Å². The van der Waals surface area contributed by atoms with Gasteiger partial charge in [-0.3, -0.25) is 14.0 Å². The van der Waals surface area contributed by atoms with Crippen molar-refractivity contribution in [1.29, 1.82) is 0 Å². The van der Waals surface area contributed by atoms with Crippen LogP contribution < -0.4 is 20.3 Å². The SMILES string of the molecule is Cc1ccccc1OCC(=O)Nc1ccc(C)c(OCc2cc(=O)n3cccc(C)c3n2)c1. The lowest BCUT2D eigenvalue weighted by atomic mass is 10.2. The third-order valence-corrected chi connectivity index (χ3v) is 5.24. The Bertz CT molecular complexity index is 1380. The number of rotatable bonds is 7. The Morgan fingerprint density at radius 3 is 2.48 bits per heavy atom. The second-order valence-corrected chi connectivity index (χ2v) is 7.84. The fourth-order valence-electron chi connectivity index (χ4n) is 3.43. The van der Waals surface area contributed by atoms with Crippen LogP contribution in [0.3, 0.4) is 0 Å². The van der Waals surface area contributed by atoms with Crippen molar-refractivity contribution < 1.29 is 14.3 Å². The maximum atomic E-state index is 12.4. The minimum atomic E-state index is -0.271. The van der Waals surface area contributed by atoms with Crippen molar-refractivity contribution in [1.82, 2.24) is 9.38 Å². The highest BCUT2D eigenvalue weighted by molar-refractivity contribution is 5.92. The zero-order valence-corrected chi connectivity index (χ0v) is 18.8. The number of aryl methyl sites for hydroxylation is 3. The molecule has 33 heavy (non-hydrogen) atoms. The van der Waals surface area contributed by atoms with Crippen molar-refractivity contribution in [2.45, 2.75) is 27.4 Å². The molecule has 0 atom stereocenters. The molecule has 4 aromatic rings. The number of aromatic nitrogens is 2. The van der Waals surface area contributed by atoms with Crippen LogP contribution >= 0.6 is 0 Å². The molecule has 0 fully saturated rings. The Labute approximate surface area is 191 Å². The van der Waals surface area contributed by atoms with Gasteiger partial charge in [-0.25, -0.2) is 4.98 Å². The first-order valence-electron chi connectivity index (χ1n) is 10.6. The highest BCUT2D eigenvalue weighted by Crippen LogP contribution is 2.24. The van der Waals surface area contributed by atoms with Gasteiger partial charge in [0.05, 0.1) is 5.69 Å². The molecule has 2 aromatic heterocycles. The van der Waals surface area contributed by atoms with Gasteiger partial charge in [-0.2, -0.15) is 0 Å². The first-order valence-corrected chi connectivity index (χ1v) is 10.6. The molecule has 7 nitrogen and oxygen atoms in total. The number of pyridine rings is 1. The van der Waals surface area contributed by atoms with Crippen LogP contribution in [0.1, 0.15) is 22.4 Å². The molecule has 2 aromatic carbocycles. The predicted molar refractivity (Wildman–Crippen MR) is 127 cm³/mol. The van der Waals surface area contributed by atoms with Crippen LogP contribution in [-0.4, -0.2) is 21.9 Å². The van der Waals surface area contributed by atoms with Crippen LogP contribution in [0.5, 0.6) is 11.5 Å². The Hall–Kier alpha value is -4.13. The first kappa shape index (κ1) is 22.1. The van der Waals surface area contributed by atoms with Crippen molar-refractivity contribution in [3.63, 3.8) is 0 Å². The molecule has 1 N–H and O–H groups in total. The van der Waals surface area contributed by atoms with Crippen LogP contribution in [0, 0.1) is 20.8 Å². The number of nitrogens with one attached hydrogen (secondary N) is 1. The minimum absolute atomic E-state index is 0.0980. The number of nitrogens with zero attached hydrogens (tertiary/aromatic N) is 2. The molecular formula is C26H25N3O4. The number of carbonyl (C=O) groups excluding carboxylic acids is 1. The number of carbonyl (C=O) groups is 1. The molecule has 7 heteroatoms. The molecule has 2 heterocycles. The molecule has 4 rings (SSSR count). The molecule has 0 bridgehead atoms. The highest BCUT2D eigenvalue weighted by atomic mass is 16.5. The van der Waals surface area contributed by atoms with E-state index in [1.807, 2.05) is 63.2 Å². The van der Waals surface area contributed by atoms with Crippen molar-refractivity contribution in [3.05, 3.63) is 99.6 Å². The number of hydrogen-bond donors (Lipinski definition) is 1. The number of amides is 1. The summed E-state index contributed by atoms with van der Waals surface area (Å²) in [5.41, 5.74) is 4.35. The Morgan fingerprint density at radius 1 is 0.909 bits per heavy atom. The van der Waals surface area contributed by atoms with E-state index in [2.05, 4.69) is 10.3 Å². The second-order valence-electron chi connectivity index (χ2n) is 7.84. The van der Waals surface area contributed by atoms with Gasteiger partial charge in [0.15, 0.2) is 6.61 Å². The van der Waals surface area contributed by atoms with Crippen molar-refractivity contribution >= 4 is 17.2 Å². The zero-order valence-electron chi connectivity index (χ0n) is 18.8. The van der Waals surface area contributed by atoms with Gasteiger partial charge in [-0.05, 0) is 55.7 Å². The quantitative estimate of drug-likeness (QED) is 0.463. The predicted octanol–water partition coefficient (Wildman–Crippen LogP) is 4.22. The summed E-state index contributed by atoms with van der Waals surface area (Å²) < 4.78 is 13.1. The summed E-state index contributed by atoms with van der Waals surface area (Å²) in [7, 11) is 0. The second kappa shape index (κ2) is 9.56. The smallest absolute Gasteiger partial charge is 0.262 e. The number of fused-ring (bicyclic) bond motifs is 1. The minimum Gasteiger partial charge on any atom is -0.487 e. The molecule has 0 unspecified atom stereocenters. The van der Waals surface area contributed by atoms with Gasteiger partial charge in [-0.15, -0.1) is 0 Å². The Balaban J connectivity index is 1.43. The van der Waals surface area contributed by atoms with E-state index in [4.69, 9.17) is 9.47 Å². The fraction of sp³-hybridized carbons (Fsp3) is 0.192. The van der Waals surface area contributed by atoms with E-state index in [1.54, 1.807) is 18.3 Å². The van der Waals surface area contributed by atoms with Crippen molar-refractivity contribution in [2.24, 2.45) is 0 Å². The monoisotopic (exact) mass is 443 g/mol. The average Bonchev–Trinajstić information content (AvgIpc) is 2.79. The topological polar surface area (TPSA) is 81.9 Å². The normalized spacial score (nSPS) is 10.8. The maximum absolute atomic E-state index is 12.4. The van der Waals surface area contributed by atoms with E-state index >= 15 is 0 Å². The fourth-order valence-corrected chi connectivity index (χ4v) is 3.43.